The van der Waals surface area contributed by atoms with Crippen LogP contribution in [-0.2, 0) is 5.54 Å². The molecule has 0 aliphatic rings. The maximum absolute atomic E-state index is 12.5. The lowest BCUT2D eigenvalue weighted by Crippen LogP contribution is -2.40. The Labute approximate surface area is 129 Å². The number of hydrogen-bond acceptors (Lipinski definition) is 6. The number of anilines is 1. The van der Waals surface area contributed by atoms with E-state index in [-0.39, 0.29) is 5.91 Å². The summed E-state index contributed by atoms with van der Waals surface area (Å²) >= 11 is 2.86. The Morgan fingerprint density at radius 1 is 1.33 bits per heavy atom. The number of thiophene rings is 1. The van der Waals surface area contributed by atoms with E-state index in [1.807, 2.05) is 31.4 Å². The zero-order chi connectivity index (χ0) is 15.0. The summed E-state index contributed by atoms with van der Waals surface area (Å²) in [6, 6.07) is 3.74. The molecule has 3 aromatic rings. The molecule has 0 radical (unpaired) electrons. The highest BCUT2D eigenvalue weighted by molar-refractivity contribution is 7.21. The molecule has 0 atom stereocenters. The van der Waals surface area contributed by atoms with Crippen molar-refractivity contribution in [3.8, 4) is 0 Å². The van der Waals surface area contributed by atoms with Crippen LogP contribution in [0.5, 0.6) is 0 Å². The lowest BCUT2D eigenvalue weighted by molar-refractivity contribution is 0.0917. The molecule has 0 saturated heterocycles. The van der Waals surface area contributed by atoms with Gasteiger partial charge in [0.25, 0.3) is 5.91 Å². The van der Waals surface area contributed by atoms with Crippen LogP contribution in [0, 0.1) is 0 Å². The minimum atomic E-state index is -0.540. The number of amides is 1. The number of hydrogen-bond donors (Lipinski definition) is 2. The summed E-state index contributed by atoms with van der Waals surface area (Å²) in [5, 5.41) is 5.73. The van der Waals surface area contributed by atoms with Crippen LogP contribution in [0.1, 0.15) is 28.5 Å². The van der Waals surface area contributed by atoms with Crippen molar-refractivity contribution < 1.29 is 4.79 Å². The molecule has 3 rings (SSSR count). The summed E-state index contributed by atoms with van der Waals surface area (Å²) in [7, 11) is 0. The van der Waals surface area contributed by atoms with Crippen LogP contribution in [0.4, 0.5) is 5.69 Å². The normalized spacial score (nSPS) is 11.7. The van der Waals surface area contributed by atoms with Gasteiger partial charge in [0, 0.05) is 17.8 Å². The molecule has 0 saturated carbocycles. The van der Waals surface area contributed by atoms with Gasteiger partial charge in [0.05, 0.1) is 15.9 Å². The Hall–Kier alpha value is -1.99. The summed E-state index contributed by atoms with van der Waals surface area (Å²) in [6.07, 6.45) is 3.40. The van der Waals surface area contributed by atoms with E-state index < -0.39 is 5.54 Å². The molecule has 0 spiro atoms. The number of aromatic nitrogens is 2. The van der Waals surface area contributed by atoms with Crippen LogP contribution in [0.2, 0.25) is 0 Å². The van der Waals surface area contributed by atoms with Crippen molar-refractivity contribution in [2.24, 2.45) is 0 Å². The predicted octanol–water partition coefficient (Wildman–Crippen LogP) is 3.00. The first-order chi connectivity index (χ1) is 9.99. The van der Waals surface area contributed by atoms with Crippen LogP contribution in [0.3, 0.4) is 0 Å². The summed E-state index contributed by atoms with van der Waals surface area (Å²) in [5.41, 5.74) is 6.62. The average molecular weight is 318 g/mol. The molecule has 3 aromatic heterocycles. The van der Waals surface area contributed by atoms with Gasteiger partial charge in [-0.3, -0.25) is 9.78 Å². The van der Waals surface area contributed by atoms with E-state index in [9.17, 15) is 4.79 Å². The number of fused-ring (bicyclic) bond motifs is 1. The Kier molecular flexibility index (Phi) is 3.38. The Morgan fingerprint density at radius 3 is 2.81 bits per heavy atom. The molecule has 3 N–H and O–H groups in total. The zero-order valence-corrected chi connectivity index (χ0v) is 13.2. The third-order valence-electron chi connectivity index (χ3n) is 3.08. The molecule has 0 bridgehead atoms. The van der Waals surface area contributed by atoms with Crippen molar-refractivity contribution >= 4 is 44.5 Å². The molecular weight excluding hydrogens is 304 g/mol. The number of nitrogens with one attached hydrogen (secondary N) is 1. The van der Waals surface area contributed by atoms with Gasteiger partial charge in [0.1, 0.15) is 15.4 Å². The van der Waals surface area contributed by atoms with Gasteiger partial charge in [-0.2, -0.15) is 0 Å². The second-order valence-electron chi connectivity index (χ2n) is 5.11. The molecule has 0 aliphatic carbocycles. The molecule has 1 amide bonds. The largest absolute Gasteiger partial charge is 0.396 e. The molecule has 5 nitrogen and oxygen atoms in total. The van der Waals surface area contributed by atoms with E-state index in [0.29, 0.717) is 16.1 Å². The number of nitrogen functional groups attached to an aromatic ring is 1. The van der Waals surface area contributed by atoms with Crippen LogP contribution < -0.4 is 11.1 Å². The third-order valence-corrected chi connectivity index (χ3v) is 5.34. The van der Waals surface area contributed by atoms with Crippen molar-refractivity contribution in [2.45, 2.75) is 19.4 Å². The number of nitrogens with two attached hydrogens (primary N) is 1. The van der Waals surface area contributed by atoms with Crippen molar-refractivity contribution in [3.63, 3.8) is 0 Å². The highest BCUT2D eigenvalue weighted by atomic mass is 32.1. The van der Waals surface area contributed by atoms with E-state index in [4.69, 9.17) is 5.73 Å². The highest BCUT2D eigenvalue weighted by Crippen LogP contribution is 2.32. The van der Waals surface area contributed by atoms with Gasteiger partial charge >= 0.3 is 0 Å². The fourth-order valence-corrected chi connectivity index (χ4v) is 3.74. The van der Waals surface area contributed by atoms with Gasteiger partial charge in [-0.05, 0) is 26.0 Å². The van der Waals surface area contributed by atoms with Gasteiger partial charge in [-0.1, -0.05) is 0 Å². The molecule has 108 valence electrons. The van der Waals surface area contributed by atoms with Crippen LogP contribution >= 0.6 is 22.7 Å². The highest BCUT2D eigenvalue weighted by Gasteiger charge is 2.28. The maximum Gasteiger partial charge on any atom is 0.264 e. The first-order valence-electron chi connectivity index (χ1n) is 6.34. The van der Waals surface area contributed by atoms with Gasteiger partial charge in [0.15, 0.2) is 0 Å². The second kappa shape index (κ2) is 5.09. The summed E-state index contributed by atoms with van der Waals surface area (Å²) in [4.78, 5) is 21.5. The van der Waals surface area contributed by atoms with Crippen LogP contribution in [-0.4, -0.2) is 15.9 Å². The molecule has 3 heterocycles. The molecule has 7 heteroatoms. The zero-order valence-electron chi connectivity index (χ0n) is 11.6. The van der Waals surface area contributed by atoms with Crippen LogP contribution in [0.15, 0.2) is 29.9 Å². The third kappa shape index (κ3) is 2.50. The van der Waals surface area contributed by atoms with Crippen LogP contribution in [0.25, 0.3) is 10.2 Å². The molecule has 0 aromatic carbocycles. The van der Waals surface area contributed by atoms with Crippen molar-refractivity contribution in [2.75, 3.05) is 5.73 Å². The van der Waals surface area contributed by atoms with E-state index in [0.717, 1.165) is 9.71 Å². The fraction of sp³-hybridized carbons (Fsp3) is 0.214. The van der Waals surface area contributed by atoms with E-state index >= 15 is 0 Å². The van der Waals surface area contributed by atoms with Gasteiger partial charge in [0.2, 0.25) is 0 Å². The quantitative estimate of drug-likeness (QED) is 0.778. The Balaban J connectivity index is 1.93. The Morgan fingerprint density at radius 2 is 2.14 bits per heavy atom. The number of nitrogens with zero attached hydrogens (tertiary/aromatic N) is 2. The summed E-state index contributed by atoms with van der Waals surface area (Å²) in [5.74, 6) is -0.198. The van der Waals surface area contributed by atoms with E-state index in [1.165, 1.54) is 22.7 Å². The summed E-state index contributed by atoms with van der Waals surface area (Å²) in [6.45, 7) is 3.84. The number of thiazole rings is 1. The van der Waals surface area contributed by atoms with Crippen molar-refractivity contribution in [1.82, 2.24) is 15.3 Å². The lowest BCUT2D eigenvalue weighted by atomic mass is 10.1. The minimum absolute atomic E-state index is 0.198. The first-order valence-corrected chi connectivity index (χ1v) is 8.04. The van der Waals surface area contributed by atoms with Gasteiger partial charge in [-0.25, -0.2) is 4.98 Å². The molecule has 21 heavy (non-hydrogen) atoms. The standard InChI is InChI=1S/C14H14N4OS2/c1-14(2,13-17-6-7-20-13)18-12(19)11-9(15)10-8(21-11)4-3-5-16-10/h3-7H,15H2,1-2H3,(H,18,19). The first kappa shape index (κ1) is 14.0. The predicted molar refractivity (Wildman–Crippen MR) is 86.6 cm³/mol. The number of rotatable bonds is 3. The number of carbonyl (C=O) groups excluding carboxylic acids is 1. The van der Waals surface area contributed by atoms with Gasteiger partial charge < -0.3 is 11.1 Å². The van der Waals surface area contributed by atoms with Gasteiger partial charge in [-0.15, -0.1) is 22.7 Å². The topological polar surface area (TPSA) is 80.9 Å². The number of carbonyl (C=O) groups is 1. The van der Waals surface area contributed by atoms with Crippen molar-refractivity contribution in [1.29, 1.82) is 0 Å². The minimum Gasteiger partial charge on any atom is -0.396 e. The van der Waals surface area contributed by atoms with Crippen molar-refractivity contribution in [3.05, 3.63) is 39.8 Å². The molecule has 0 fully saturated rings. The second-order valence-corrected chi connectivity index (χ2v) is 7.06. The number of pyridine rings is 1. The lowest BCUT2D eigenvalue weighted by Gasteiger charge is -2.23. The Bertz CT molecular complexity index is 793. The smallest absolute Gasteiger partial charge is 0.264 e. The monoisotopic (exact) mass is 318 g/mol. The van der Waals surface area contributed by atoms with E-state index in [1.54, 1.807) is 12.4 Å². The molecular formula is C14H14N4OS2. The molecule has 0 unspecified atom stereocenters. The van der Waals surface area contributed by atoms with E-state index in [2.05, 4.69) is 15.3 Å². The average Bonchev–Trinajstić information content (AvgIpc) is 3.07. The maximum atomic E-state index is 12.5. The fourth-order valence-electron chi connectivity index (χ4n) is 2.04. The summed E-state index contributed by atoms with van der Waals surface area (Å²) < 4.78 is 0.909. The molecule has 0 aliphatic heterocycles. The SMILES string of the molecule is CC(C)(NC(=O)c1sc2cccnc2c1N)c1nccs1.